The molecular formula is C95H101F4N31O6S. The highest BCUT2D eigenvalue weighted by atomic mass is 32.1. The number of fused-ring (bicyclic) bond motifs is 9. The summed E-state index contributed by atoms with van der Waals surface area (Å²) in [4.78, 5) is 150. The van der Waals surface area contributed by atoms with Crippen LogP contribution in [0.5, 0.6) is 0 Å². The normalized spacial score (nSPS) is 19.6. The van der Waals surface area contributed by atoms with Crippen molar-refractivity contribution in [1.29, 1.82) is 0 Å². The average molecular weight is 1880 g/mol. The maximum Gasteiger partial charge on any atom is 0.390 e. The molecule has 42 heteroatoms. The molecule has 22 rings (SSSR count). The number of hydrogen-bond donors (Lipinski definition) is 1. The van der Waals surface area contributed by atoms with Crippen molar-refractivity contribution < 1.29 is 46.3 Å². The fourth-order valence-electron chi connectivity index (χ4n) is 18.9. The van der Waals surface area contributed by atoms with Gasteiger partial charge in [-0.15, -0.1) is 11.3 Å². The summed E-state index contributed by atoms with van der Waals surface area (Å²) in [5.41, 5.74) is 5.26. The van der Waals surface area contributed by atoms with Gasteiger partial charge in [-0.2, -0.15) is 38.2 Å². The number of rotatable bonds is 16. The van der Waals surface area contributed by atoms with Gasteiger partial charge in [0.25, 0.3) is 11.8 Å². The van der Waals surface area contributed by atoms with Gasteiger partial charge in [0.05, 0.1) is 49.2 Å². The van der Waals surface area contributed by atoms with Crippen LogP contribution in [0.25, 0.3) is 68.7 Å². The Morgan fingerprint density at radius 2 is 1.06 bits per heavy atom. The Bertz CT molecular complexity index is 6740. The number of H-pyrrole nitrogens is 1. The standard InChI is InChI=1S/C21H23FN6O.C20H18N6O.C19H20F3N7OS.C18H18N6O.C17H22N6O2/c1-13(2)28-18-16(26(5)19(29)21(28,3)4)12-24-20(25-18)27-11-10-23-17(27)14-6-8-15(22)9-7-14;1-24-16-11-22-20(25-8-7-21-17(25)12-5-3-2-4-6-12)23-18(16)26-14-9-13(14)10-15(26)19(24)27;1-4-18(2)17(30)28(3)12-10-24-14(26-15(12)29(18)7-5-19(20,21)22)11-9-25-27-13(11)16-23-6-8-31-16;1-3-14-17(25)22(2)15-11-20-18(23-10-9-19-12-23)21-16(15)24(14)13-7-5-4-6-8-13;1-3-13-16(24)21(2)14-10-19-17(22-7-6-18-11-22)20-15(14)23(13)12-4-8-25-9-5-12/h6-13H,1-5H3;2-8,11,13-15H,9-10H2,1H3;6,8-10H,4-5,7H2,1-3H3,(H,25,27);4-12,14H,3H2,1-2H3;6-7,10-13H,3-5,8-9H2,1-2H3/t;;18-;;13-/m..1.1/s1. The molecule has 6 atom stereocenters. The van der Waals surface area contributed by atoms with Crippen LogP contribution in [0.2, 0.25) is 0 Å². The molecule has 3 aromatic carbocycles. The molecule has 0 radical (unpaired) electrons. The van der Waals surface area contributed by atoms with Gasteiger partial charge in [-0.3, -0.25) is 47.3 Å². The lowest BCUT2D eigenvalue weighted by Gasteiger charge is -2.47. The summed E-state index contributed by atoms with van der Waals surface area (Å²) >= 11 is 1.41. The Morgan fingerprint density at radius 3 is 1.63 bits per heavy atom. The lowest BCUT2D eigenvalue weighted by Crippen LogP contribution is -2.61. The zero-order valence-electron chi connectivity index (χ0n) is 77.6. The molecule has 3 fully saturated rings. The molecule has 706 valence electrons. The van der Waals surface area contributed by atoms with Gasteiger partial charge in [-0.05, 0) is 122 Å². The average Bonchev–Trinajstić information content (AvgIpc) is 1.56. The maximum absolute atomic E-state index is 13.3. The number of thiazole rings is 1. The summed E-state index contributed by atoms with van der Waals surface area (Å²) in [6.45, 7) is 16.4. The van der Waals surface area contributed by atoms with Crippen molar-refractivity contribution in [2.24, 2.45) is 5.92 Å². The minimum absolute atomic E-state index is 0.00955. The summed E-state index contributed by atoms with van der Waals surface area (Å²) in [7, 11) is 8.71. The highest BCUT2D eigenvalue weighted by Gasteiger charge is 2.58. The molecule has 5 amide bonds. The number of carbonyl (C=O) groups is 5. The smallest absolute Gasteiger partial charge is 0.381 e. The van der Waals surface area contributed by atoms with E-state index in [-0.39, 0.29) is 83.7 Å². The number of nitrogens with zero attached hydrogens (tertiary/aromatic N) is 30. The van der Waals surface area contributed by atoms with Gasteiger partial charge in [0.15, 0.2) is 34.9 Å². The van der Waals surface area contributed by atoms with Gasteiger partial charge in [0.1, 0.15) is 98.5 Å². The van der Waals surface area contributed by atoms with Crippen LogP contribution in [0.15, 0.2) is 196 Å². The van der Waals surface area contributed by atoms with Crippen LogP contribution in [0.3, 0.4) is 0 Å². The van der Waals surface area contributed by atoms with Crippen molar-refractivity contribution in [2.75, 3.05) is 104 Å². The first-order chi connectivity index (χ1) is 66.0. The van der Waals surface area contributed by atoms with Gasteiger partial charge in [-0.1, -0.05) is 69.3 Å². The van der Waals surface area contributed by atoms with E-state index in [1.54, 1.807) is 174 Å². The minimum Gasteiger partial charge on any atom is -0.381 e. The second-order valence-electron chi connectivity index (χ2n) is 35.1. The zero-order valence-corrected chi connectivity index (χ0v) is 78.4. The molecule has 11 aromatic heterocycles. The highest BCUT2D eigenvalue weighted by molar-refractivity contribution is 7.13. The van der Waals surface area contributed by atoms with Crippen molar-refractivity contribution in [2.45, 2.75) is 160 Å². The van der Waals surface area contributed by atoms with Crippen molar-refractivity contribution in [3.05, 3.63) is 202 Å². The molecule has 137 heavy (non-hydrogen) atoms. The Labute approximate surface area is 790 Å². The predicted octanol–water partition coefficient (Wildman–Crippen LogP) is 13.6. The number of amides is 5. The highest BCUT2D eigenvalue weighted by Crippen LogP contribution is 2.54. The van der Waals surface area contributed by atoms with Crippen LogP contribution in [0.4, 0.5) is 80.8 Å². The molecule has 4 unspecified atom stereocenters. The van der Waals surface area contributed by atoms with Crippen molar-refractivity contribution in [1.82, 2.24) is 103 Å². The molecule has 18 heterocycles. The number of halogens is 4. The van der Waals surface area contributed by atoms with E-state index in [1.807, 2.05) is 141 Å². The van der Waals surface area contributed by atoms with Crippen LogP contribution in [-0.4, -0.2) is 241 Å². The van der Waals surface area contributed by atoms with E-state index >= 15 is 0 Å². The molecule has 0 bridgehead atoms. The number of imidazole rings is 4. The van der Waals surface area contributed by atoms with Gasteiger partial charge in [0.2, 0.25) is 41.5 Å². The van der Waals surface area contributed by atoms with Crippen LogP contribution in [0, 0.1) is 11.7 Å². The first-order valence-electron chi connectivity index (χ1n) is 45.2. The van der Waals surface area contributed by atoms with Crippen LogP contribution >= 0.6 is 11.3 Å². The second kappa shape index (κ2) is 37.6. The van der Waals surface area contributed by atoms with E-state index in [2.05, 4.69) is 74.8 Å². The monoisotopic (exact) mass is 1880 g/mol. The fourth-order valence-corrected chi connectivity index (χ4v) is 19.5. The Hall–Kier alpha value is -15.2. The number of benzene rings is 3. The summed E-state index contributed by atoms with van der Waals surface area (Å²) in [6, 6.07) is 26.2. The predicted molar refractivity (Wildman–Crippen MR) is 509 cm³/mol. The molecule has 14 aromatic rings. The number of anilines is 11. The number of carbonyl (C=O) groups excluding carboxylic acids is 5. The molecule has 2 saturated heterocycles. The molecule has 1 saturated carbocycles. The maximum atomic E-state index is 13.3. The van der Waals surface area contributed by atoms with Gasteiger partial charge in [-0.25, -0.2) is 59.2 Å². The molecule has 1 aliphatic carbocycles. The Kier molecular flexibility index (Phi) is 25.3. The number of alkyl halides is 3. The van der Waals surface area contributed by atoms with E-state index in [4.69, 9.17) is 24.7 Å². The van der Waals surface area contributed by atoms with Crippen molar-refractivity contribution >= 4 is 104 Å². The fraction of sp³-hybridized carbons (Fsp3) is 0.358. The first kappa shape index (κ1) is 92.2. The number of aromatic nitrogens is 21. The van der Waals surface area contributed by atoms with Crippen LogP contribution < -0.4 is 49.0 Å². The van der Waals surface area contributed by atoms with Crippen LogP contribution in [0.1, 0.15) is 107 Å². The van der Waals surface area contributed by atoms with E-state index in [1.165, 1.54) is 39.5 Å². The summed E-state index contributed by atoms with van der Waals surface area (Å²) in [5, 5.41) is 9.45. The number of likely N-dealkylation sites (N-methyl/N-ethyl adjacent to an activating group) is 5. The van der Waals surface area contributed by atoms with Gasteiger partial charge >= 0.3 is 6.18 Å². The van der Waals surface area contributed by atoms with E-state index < -0.39 is 23.7 Å². The van der Waals surface area contributed by atoms with E-state index in [0.717, 1.165) is 96.8 Å². The third-order valence-electron chi connectivity index (χ3n) is 26.2. The van der Waals surface area contributed by atoms with Crippen LogP contribution in [-0.2, 0) is 28.7 Å². The number of piperidine rings is 1. The van der Waals surface area contributed by atoms with Crippen molar-refractivity contribution in [3.63, 3.8) is 0 Å². The largest absolute Gasteiger partial charge is 0.390 e. The molecular weight excluding hydrogens is 1780 g/mol. The number of ether oxygens (including phenoxy) is 1. The number of para-hydroxylation sites is 1. The number of hydrogen-bond acceptors (Lipinski definition) is 28. The lowest BCUT2D eigenvalue weighted by molar-refractivity contribution is -0.134. The third-order valence-corrected chi connectivity index (χ3v) is 26.9. The molecule has 7 aliphatic heterocycles. The molecule has 0 spiro atoms. The molecule has 8 aliphatic rings. The SMILES string of the molecule is CC(C)N1c2nc(-n3ccnc3-c3ccc(F)cc3)ncc2N(C)C(=O)C1(C)C.CCC1C(=O)N(C)c2cnc(-n3ccnc3)nc2N1c1ccccc1.CC[C@@H]1C(=O)N(C)c2cnc(-n3ccnc3)nc2N1C1CCOCC1.CC[C@]1(C)C(=O)N(C)c2cnc(-c3cn[nH]c3-c3nccs3)nc2N1CCC(F)(F)F.CN1C(=O)C2CC3CC3N2c2nc(-n3ccnc3-c3ccccc3)ncc21. The summed E-state index contributed by atoms with van der Waals surface area (Å²) < 4.78 is 65.2. The second-order valence-corrected chi connectivity index (χ2v) is 36.0. The first-order valence-corrected chi connectivity index (χ1v) is 46.0. The number of aromatic amines is 1. The van der Waals surface area contributed by atoms with E-state index in [9.17, 15) is 41.5 Å². The molecule has 1 N–H and O–H groups in total. The lowest BCUT2D eigenvalue weighted by atomic mass is 9.91. The summed E-state index contributed by atoms with van der Waals surface area (Å²) in [5.74, 6) is 7.49. The zero-order chi connectivity index (χ0) is 96.2. The number of nitrogens with one attached hydrogen (secondary N) is 1. The molecule has 37 nitrogen and oxygen atoms in total. The minimum atomic E-state index is -4.36. The Morgan fingerprint density at radius 1 is 0.533 bits per heavy atom. The van der Waals surface area contributed by atoms with Gasteiger partial charge in [0, 0.05) is 151 Å². The Balaban J connectivity index is 0.000000114. The third kappa shape index (κ3) is 17.3. The quantitative estimate of drug-likeness (QED) is 0.0878. The summed E-state index contributed by atoms with van der Waals surface area (Å²) in [6.07, 6.45) is 29.1. The van der Waals surface area contributed by atoms with Crippen molar-refractivity contribution in [3.8, 4) is 68.7 Å². The van der Waals surface area contributed by atoms with Gasteiger partial charge < -0.3 is 53.7 Å². The topological polar surface area (TPSA) is 369 Å². The van der Waals surface area contributed by atoms with E-state index in [0.29, 0.717) is 93.6 Å².